The molecule has 0 radical (unpaired) electrons. The van der Waals surface area contributed by atoms with Gasteiger partial charge in [0.05, 0.1) is 25.0 Å². The molecular formula is C9H17N5O3S. The standard InChI is InChI=1S/C9H17N5O3S/c1-18(16,17)4-2-3-14-7-8(12-13-14)6-11-9(15)5-10/h7H,2-6,10H2,1H3,(H,11,15). The van der Waals surface area contributed by atoms with Crippen molar-refractivity contribution in [2.24, 2.45) is 5.73 Å². The second-order valence-electron chi connectivity index (χ2n) is 3.94. The second kappa shape index (κ2) is 6.45. The minimum absolute atomic E-state index is 0.0670. The molecule has 0 aliphatic rings. The van der Waals surface area contributed by atoms with Gasteiger partial charge in [-0.2, -0.15) is 0 Å². The Kier molecular flexibility index (Phi) is 5.23. The third-order valence-electron chi connectivity index (χ3n) is 2.14. The third kappa shape index (κ3) is 5.73. The number of nitrogens with two attached hydrogens (primary N) is 1. The molecule has 0 saturated carbocycles. The van der Waals surface area contributed by atoms with Gasteiger partial charge < -0.3 is 11.1 Å². The van der Waals surface area contributed by atoms with Crippen molar-refractivity contribution in [2.45, 2.75) is 19.5 Å². The number of rotatable bonds is 7. The average Bonchev–Trinajstić information content (AvgIpc) is 2.72. The monoisotopic (exact) mass is 275 g/mol. The van der Waals surface area contributed by atoms with E-state index in [9.17, 15) is 13.2 Å². The van der Waals surface area contributed by atoms with Gasteiger partial charge in [-0.3, -0.25) is 9.48 Å². The van der Waals surface area contributed by atoms with E-state index in [0.29, 0.717) is 18.7 Å². The first-order valence-corrected chi connectivity index (χ1v) is 7.50. The zero-order chi connectivity index (χ0) is 13.6. The SMILES string of the molecule is CS(=O)(=O)CCCn1cc(CNC(=O)CN)nn1. The highest BCUT2D eigenvalue weighted by Gasteiger charge is 2.05. The maximum Gasteiger partial charge on any atom is 0.234 e. The number of hydrogen-bond acceptors (Lipinski definition) is 6. The van der Waals surface area contributed by atoms with Crippen LogP contribution in [0.1, 0.15) is 12.1 Å². The van der Waals surface area contributed by atoms with Crippen LogP contribution < -0.4 is 11.1 Å². The molecule has 102 valence electrons. The molecule has 1 aromatic heterocycles. The zero-order valence-corrected chi connectivity index (χ0v) is 11.0. The van der Waals surface area contributed by atoms with Crippen molar-refractivity contribution in [2.75, 3.05) is 18.6 Å². The van der Waals surface area contributed by atoms with Crippen molar-refractivity contribution in [1.82, 2.24) is 20.3 Å². The number of hydrogen-bond donors (Lipinski definition) is 2. The molecule has 0 aliphatic carbocycles. The highest BCUT2D eigenvalue weighted by molar-refractivity contribution is 7.90. The maximum absolute atomic E-state index is 10.9. The van der Waals surface area contributed by atoms with Gasteiger partial charge in [0, 0.05) is 12.8 Å². The highest BCUT2D eigenvalue weighted by Crippen LogP contribution is 1.96. The van der Waals surface area contributed by atoms with E-state index < -0.39 is 9.84 Å². The van der Waals surface area contributed by atoms with Crippen molar-refractivity contribution in [3.05, 3.63) is 11.9 Å². The minimum atomic E-state index is -2.94. The van der Waals surface area contributed by atoms with Crippen LogP contribution in [0.25, 0.3) is 0 Å². The summed E-state index contributed by atoms with van der Waals surface area (Å²) in [6.45, 7) is 0.676. The lowest BCUT2D eigenvalue weighted by Crippen LogP contribution is -2.29. The Hall–Kier alpha value is -1.48. The van der Waals surface area contributed by atoms with Gasteiger partial charge in [0.25, 0.3) is 0 Å². The number of carbonyl (C=O) groups excluding carboxylic acids is 1. The fraction of sp³-hybridized carbons (Fsp3) is 0.667. The van der Waals surface area contributed by atoms with Crippen molar-refractivity contribution in [3.8, 4) is 0 Å². The van der Waals surface area contributed by atoms with Crippen LogP contribution in [0.4, 0.5) is 0 Å². The lowest BCUT2D eigenvalue weighted by atomic mass is 10.4. The summed E-state index contributed by atoms with van der Waals surface area (Å²) in [5.74, 6) is -0.145. The van der Waals surface area contributed by atoms with E-state index in [4.69, 9.17) is 5.73 Å². The van der Waals surface area contributed by atoms with E-state index in [0.717, 1.165) is 0 Å². The van der Waals surface area contributed by atoms with Crippen LogP contribution >= 0.6 is 0 Å². The number of aromatic nitrogens is 3. The normalized spacial score (nSPS) is 11.4. The van der Waals surface area contributed by atoms with Crippen LogP contribution in [0.2, 0.25) is 0 Å². The van der Waals surface area contributed by atoms with Crippen LogP contribution in [-0.2, 0) is 27.7 Å². The lowest BCUT2D eigenvalue weighted by molar-refractivity contribution is -0.119. The van der Waals surface area contributed by atoms with Crippen LogP contribution in [0.5, 0.6) is 0 Å². The largest absolute Gasteiger partial charge is 0.349 e. The van der Waals surface area contributed by atoms with E-state index in [1.165, 1.54) is 6.26 Å². The molecule has 1 heterocycles. The molecule has 0 saturated heterocycles. The molecule has 0 bridgehead atoms. The molecule has 1 amide bonds. The molecule has 1 aromatic rings. The van der Waals surface area contributed by atoms with Gasteiger partial charge in [0.1, 0.15) is 15.5 Å². The van der Waals surface area contributed by atoms with E-state index in [1.807, 2.05) is 0 Å². The minimum Gasteiger partial charge on any atom is -0.349 e. The third-order valence-corrected chi connectivity index (χ3v) is 3.17. The fourth-order valence-corrected chi connectivity index (χ4v) is 1.93. The molecule has 1 rings (SSSR count). The number of carbonyl (C=O) groups is 1. The number of aryl methyl sites for hydroxylation is 1. The Morgan fingerprint density at radius 3 is 2.89 bits per heavy atom. The van der Waals surface area contributed by atoms with Crippen LogP contribution in [0.3, 0.4) is 0 Å². The predicted octanol–water partition coefficient (Wildman–Crippen LogP) is -1.71. The quantitative estimate of drug-likeness (QED) is 0.611. The summed E-state index contributed by atoms with van der Waals surface area (Å²) in [4.78, 5) is 10.9. The van der Waals surface area contributed by atoms with Crippen molar-refractivity contribution in [1.29, 1.82) is 0 Å². The van der Waals surface area contributed by atoms with Gasteiger partial charge in [-0.15, -0.1) is 5.10 Å². The van der Waals surface area contributed by atoms with Crippen molar-refractivity contribution < 1.29 is 13.2 Å². The summed E-state index contributed by atoms with van der Waals surface area (Å²) in [6, 6.07) is 0. The van der Waals surface area contributed by atoms with E-state index in [-0.39, 0.29) is 24.7 Å². The molecule has 0 aliphatic heterocycles. The fourth-order valence-electron chi connectivity index (χ4n) is 1.28. The second-order valence-corrected chi connectivity index (χ2v) is 6.20. The van der Waals surface area contributed by atoms with E-state index >= 15 is 0 Å². The van der Waals surface area contributed by atoms with Crippen molar-refractivity contribution >= 4 is 15.7 Å². The molecule has 0 atom stereocenters. The zero-order valence-electron chi connectivity index (χ0n) is 10.2. The average molecular weight is 275 g/mol. The molecule has 8 nitrogen and oxygen atoms in total. The number of nitrogens with zero attached hydrogens (tertiary/aromatic N) is 3. The first-order valence-electron chi connectivity index (χ1n) is 5.44. The van der Waals surface area contributed by atoms with Gasteiger partial charge in [0.15, 0.2) is 0 Å². The van der Waals surface area contributed by atoms with Crippen molar-refractivity contribution in [3.63, 3.8) is 0 Å². The molecule has 0 unspecified atom stereocenters. The Morgan fingerprint density at radius 2 is 2.28 bits per heavy atom. The van der Waals surface area contributed by atoms with Gasteiger partial charge >= 0.3 is 0 Å². The van der Waals surface area contributed by atoms with Gasteiger partial charge in [-0.05, 0) is 6.42 Å². The number of sulfone groups is 1. The maximum atomic E-state index is 10.9. The summed E-state index contributed by atoms with van der Waals surface area (Å²) in [6.07, 6.45) is 3.35. The van der Waals surface area contributed by atoms with Gasteiger partial charge in [0.2, 0.25) is 5.91 Å². The van der Waals surface area contributed by atoms with Crippen LogP contribution in [-0.4, -0.2) is 47.9 Å². The molecular weight excluding hydrogens is 258 g/mol. The van der Waals surface area contributed by atoms with E-state index in [2.05, 4.69) is 15.6 Å². The first kappa shape index (κ1) is 14.6. The Balaban J connectivity index is 2.36. The highest BCUT2D eigenvalue weighted by atomic mass is 32.2. The van der Waals surface area contributed by atoms with Crippen LogP contribution in [0.15, 0.2) is 6.20 Å². The Labute approximate surface area is 105 Å². The summed E-state index contributed by atoms with van der Waals surface area (Å²) >= 11 is 0. The number of amides is 1. The Bertz CT molecular complexity index is 496. The summed E-state index contributed by atoms with van der Waals surface area (Å²) in [7, 11) is -2.94. The summed E-state index contributed by atoms with van der Waals surface area (Å²) in [5, 5.41) is 10.2. The molecule has 18 heavy (non-hydrogen) atoms. The molecule has 0 fully saturated rings. The van der Waals surface area contributed by atoms with Crippen LogP contribution in [0, 0.1) is 0 Å². The molecule has 0 aromatic carbocycles. The topological polar surface area (TPSA) is 120 Å². The predicted molar refractivity (Wildman–Crippen MR) is 65.3 cm³/mol. The molecule has 0 spiro atoms. The molecule has 3 N–H and O–H groups in total. The Morgan fingerprint density at radius 1 is 1.56 bits per heavy atom. The van der Waals surface area contributed by atoms with Gasteiger partial charge in [-0.25, -0.2) is 8.42 Å². The molecule has 9 heteroatoms. The summed E-state index contributed by atoms with van der Waals surface area (Å²) in [5.41, 5.74) is 5.75. The van der Waals surface area contributed by atoms with Gasteiger partial charge in [-0.1, -0.05) is 5.21 Å². The first-order chi connectivity index (χ1) is 8.40. The summed E-state index contributed by atoms with van der Waals surface area (Å²) < 4.78 is 23.4. The van der Waals surface area contributed by atoms with E-state index in [1.54, 1.807) is 10.9 Å². The lowest BCUT2D eigenvalue weighted by Gasteiger charge is -1.99. The smallest absolute Gasteiger partial charge is 0.234 e. The number of nitrogens with one attached hydrogen (secondary N) is 1.